The number of sulfone groups is 1. The smallest absolute Gasteiger partial charge is 0.151 e. The van der Waals surface area contributed by atoms with E-state index in [1.165, 1.54) is 6.26 Å². The molecule has 0 fully saturated rings. The summed E-state index contributed by atoms with van der Waals surface area (Å²) in [4.78, 5) is 0. The first-order chi connectivity index (χ1) is 6.43. The van der Waals surface area contributed by atoms with E-state index >= 15 is 0 Å². The third-order valence-electron chi connectivity index (χ3n) is 2.26. The summed E-state index contributed by atoms with van der Waals surface area (Å²) in [5.41, 5.74) is 0. The summed E-state index contributed by atoms with van der Waals surface area (Å²) in [7, 11) is -1.24. The van der Waals surface area contributed by atoms with Crippen molar-refractivity contribution in [2.45, 2.75) is 31.6 Å². The lowest BCUT2D eigenvalue weighted by atomic mass is 10.2. The fourth-order valence-electron chi connectivity index (χ4n) is 1.11. The van der Waals surface area contributed by atoms with E-state index in [-0.39, 0.29) is 6.04 Å². The molecule has 0 aromatic carbocycles. The van der Waals surface area contributed by atoms with Crippen molar-refractivity contribution in [2.75, 3.05) is 26.5 Å². The quantitative estimate of drug-likeness (QED) is 0.636. The van der Waals surface area contributed by atoms with Crippen LogP contribution >= 0.6 is 0 Å². The summed E-state index contributed by atoms with van der Waals surface area (Å²) < 4.78 is 27.9. The standard InChI is InChI=1S/C9H21NO3S/c1-5-6-13-7-9(10-3)8(2)14(4,11)12/h8-10H,5-7H2,1-4H3. The Kier molecular flexibility index (Phi) is 6.31. The second-order valence-electron chi connectivity index (χ2n) is 3.50. The van der Waals surface area contributed by atoms with Gasteiger partial charge in [0.05, 0.1) is 11.9 Å². The normalized spacial score (nSPS) is 16.6. The molecule has 0 spiro atoms. The maximum absolute atomic E-state index is 11.3. The molecule has 0 bridgehead atoms. The van der Waals surface area contributed by atoms with E-state index in [1.807, 2.05) is 6.92 Å². The molecule has 0 aliphatic carbocycles. The van der Waals surface area contributed by atoms with E-state index in [0.29, 0.717) is 13.2 Å². The van der Waals surface area contributed by atoms with Gasteiger partial charge in [-0.2, -0.15) is 0 Å². The minimum absolute atomic E-state index is 0.128. The van der Waals surface area contributed by atoms with Crippen LogP contribution in [-0.2, 0) is 14.6 Å². The Morgan fingerprint density at radius 2 is 2.00 bits per heavy atom. The molecule has 0 saturated heterocycles. The third-order valence-corrected chi connectivity index (χ3v) is 3.94. The monoisotopic (exact) mass is 223 g/mol. The summed E-state index contributed by atoms with van der Waals surface area (Å²) in [5.74, 6) is 0. The zero-order chi connectivity index (χ0) is 11.2. The van der Waals surface area contributed by atoms with E-state index in [9.17, 15) is 8.42 Å². The maximum Gasteiger partial charge on any atom is 0.151 e. The second kappa shape index (κ2) is 6.37. The van der Waals surface area contributed by atoms with Gasteiger partial charge in [-0.1, -0.05) is 6.92 Å². The first-order valence-electron chi connectivity index (χ1n) is 4.87. The van der Waals surface area contributed by atoms with Crippen LogP contribution in [0.1, 0.15) is 20.3 Å². The minimum atomic E-state index is -2.99. The molecule has 0 aromatic rings. The maximum atomic E-state index is 11.3. The number of hydrogen-bond acceptors (Lipinski definition) is 4. The fourth-order valence-corrected chi connectivity index (χ4v) is 1.92. The highest BCUT2D eigenvalue weighted by atomic mass is 32.2. The van der Waals surface area contributed by atoms with Gasteiger partial charge in [0.25, 0.3) is 0 Å². The molecular formula is C9H21NO3S. The Morgan fingerprint density at radius 3 is 2.36 bits per heavy atom. The van der Waals surface area contributed by atoms with Crippen molar-refractivity contribution in [1.82, 2.24) is 5.32 Å². The molecule has 2 atom stereocenters. The molecule has 2 unspecified atom stereocenters. The van der Waals surface area contributed by atoms with Gasteiger partial charge in [0.2, 0.25) is 0 Å². The zero-order valence-electron chi connectivity index (χ0n) is 9.41. The molecule has 0 aromatic heterocycles. The third kappa shape index (κ3) is 4.93. The van der Waals surface area contributed by atoms with Crippen molar-refractivity contribution in [3.05, 3.63) is 0 Å². The van der Waals surface area contributed by atoms with Gasteiger partial charge in [-0.25, -0.2) is 8.42 Å². The molecule has 0 rings (SSSR count). The van der Waals surface area contributed by atoms with Crippen LogP contribution in [0.2, 0.25) is 0 Å². The predicted octanol–water partition coefficient (Wildman–Crippen LogP) is 0.434. The van der Waals surface area contributed by atoms with E-state index in [1.54, 1.807) is 14.0 Å². The van der Waals surface area contributed by atoms with Gasteiger partial charge >= 0.3 is 0 Å². The summed E-state index contributed by atoms with van der Waals surface area (Å²) >= 11 is 0. The Labute approximate surface area is 86.9 Å². The molecule has 86 valence electrons. The minimum Gasteiger partial charge on any atom is -0.380 e. The highest BCUT2D eigenvalue weighted by molar-refractivity contribution is 7.91. The summed E-state index contributed by atoms with van der Waals surface area (Å²) in [6.45, 7) is 4.84. The van der Waals surface area contributed by atoms with Crippen molar-refractivity contribution in [3.8, 4) is 0 Å². The van der Waals surface area contributed by atoms with Gasteiger partial charge in [0.15, 0.2) is 9.84 Å². The zero-order valence-corrected chi connectivity index (χ0v) is 10.2. The first-order valence-corrected chi connectivity index (χ1v) is 6.82. The second-order valence-corrected chi connectivity index (χ2v) is 5.91. The molecule has 14 heavy (non-hydrogen) atoms. The van der Waals surface area contributed by atoms with Gasteiger partial charge in [0.1, 0.15) is 0 Å². The van der Waals surface area contributed by atoms with Gasteiger partial charge in [-0.05, 0) is 20.4 Å². The molecule has 0 radical (unpaired) electrons. The van der Waals surface area contributed by atoms with Crippen LogP contribution in [0.5, 0.6) is 0 Å². The Bertz CT molecular complexity index is 238. The van der Waals surface area contributed by atoms with Crippen molar-refractivity contribution in [3.63, 3.8) is 0 Å². The van der Waals surface area contributed by atoms with Crippen LogP contribution in [0.4, 0.5) is 0 Å². The van der Waals surface area contributed by atoms with Crippen molar-refractivity contribution >= 4 is 9.84 Å². The molecule has 0 aliphatic rings. The van der Waals surface area contributed by atoms with Crippen LogP contribution in [0.25, 0.3) is 0 Å². The largest absolute Gasteiger partial charge is 0.380 e. The number of likely N-dealkylation sites (N-methyl/N-ethyl adjacent to an activating group) is 1. The molecule has 0 saturated carbocycles. The summed E-state index contributed by atoms with van der Waals surface area (Å²) in [5, 5.41) is 2.55. The van der Waals surface area contributed by atoms with Crippen LogP contribution in [0.15, 0.2) is 0 Å². The molecule has 1 N–H and O–H groups in total. The summed E-state index contributed by atoms with van der Waals surface area (Å²) in [6, 6.07) is -0.128. The highest BCUT2D eigenvalue weighted by Crippen LogP contribution is 2.04. The molecule has 0 amide bonds. The van der Waals surface area contributed by atoms with Crippen LogP contribution in [0, 0.1) is 0 Å². The highest BCUT2D eigenvalue weighted by Gasteiger charge is 2.24. The lowest BCUT2D eigenvalue weighted by Crippen LogP contribution is -2.43. The van der Waals surface area contributed by atoms with Gasteiger partial charge in [-0.3, -0.25) is 0 Å². The van der Waals surface area contributed by atoms with E-state index in [0.717, 1.165) is 6.42 Å². The Hall–Kier alpha value is -0.130. The van der Waals surface area contributed by atoms with Gasteiger partial charge in [-0.15, -0.1) is 0 Å². The van der Waals surface area contributed by atoms with E-state index in [2.05, 4.69) is 5.32 Å². The Balaban J connectivity index is 4.13. The SMILES string of the molecule is CCCOCC(NC)C(C)S(C)(=O)=O. The lowest BCUT2D eigenvalue weighted by Gasteiger charge is -2.21. The fraction of sp³-hybridized carbons (Fsp3) is 1.00. The Morgan fingerprint density at radius 1 is 1.43 bits per heavy atom. The van der Waals surface area contributed by atoms with Crippen molar-refractivity contribution < 1.29 is 13.2 Å². The number of rotatable bonds is 7. The number of ether oxygens (including phenoxy) is 1. The van der Waals surface area contributed by atoms with Crippen molar-refractivity contribution in [1.29, 1.82) is 0 Å². The van der Waals surface area contributed by atoms with E-state index in [4.69, 9.17) is 4.74 Å². The van der Waals surface area contributed by atoms with Crippen LogP contribution in [0.3, 0.4) is 0 Å². The molecule has 4 nitrogen and oxygen atoms in total. The molecule has 5 heteroatoms. The van der Waals surface area contributed by atoms with Crippen LogP contribution < -0.4 is 5.32 Å². The van der Waals surface area contributed by atoms with Crippen LogP contribution in [-0.4, -0.2) is 46.2 Å². The van der Waals surface area contributed by atoms with Gasteiger partial charge < -0.3 is 10.1 Å². The van der Waals surface area contributed by atoms with Crippen molar-refractivity contribution in [2.24, 2.45) is 0 Å². The first kappa shape index (κ1) is 13.9. The molecule has 0 aliphatic heterocycles. The van der Waals surface area contributed by atoms with Gasteiger partial charge in [0, 0.05) is 18.9 Å². The number of hydrogen-bond donors (Lipinski definition) is 1. The topological polar surface area (TPSA) is 55.4 Å². The predicted molar refractivity (Wildman–Crippen MR) is 58.3 cm³/mol. The average molecular weight is 223 g/mol. The number of nitrogens with one attached hydrogen (secondary N) is 1. The lowest BCUT2D eigenvalue weighted by molar-refractivity contribution is 0.113. The molecular weight excluding hydrogens is 202 g/mol. The molecule has 0 heterocycles. The summed E-state index contributed by atoms with van der Waals surface area (Å²) in [6.07, 6.45) is 2.20. The average Bonchev–Trinajstić information content (AvgIpc) is 2.10. The van der Waals surface area contributed by atoms with E-state index < -0.39 is 15.1 Å².